The van der Waals surface area contributed by atoms with E-state index in [1.807, 2.05) is 37.3 Å². The Kier molecular flexibility index (Phi) is 3.31. The van der Waals surface area contributed by atoms with Crippen LogP contribution in [0, 0.1) is 0 Å². The quantitative estimate of drug-likeness (QED) is 0.631. The van der Waals surface area contributed by atoms with Crippen molar-refractivity contribution in [2.45, 2.75) is 13.2 Å². The van der Waals surface area contributed by atoms with Crippen LogP contribution in [0.4, 0.5) is 0 Å². The van der Waals surface area contributed by atoms with E-state index in [0.717, 1.165) is 12.1 Å². The Bertz CT molecular complexity index is 203. The highest BCUT2D eigenvalue weighted by Gasteiger charge is 2.09. The average Bonchev–Trinajstić information content (AvgIpc) is 2.06. The number of benzene rings is 1. The first-order valence-corrected chi connectivity index (χ1v) is 4.12. The van der Waals surface area contributed by atoms with Gasteiger partial charge < -0.3 is 4.65 Å². The molecule has 11 heavy (non-hydrogen) atoms. The van der Waals surface area contributed by atoms with Gasteiger partial charge in [0.25, 0.3) is 0 Å². The van der Waals surface area contributed by atoms with Crippen LogP contribution in [0.15, 0.2) is 30.3 Å². The van der Waals surface area contributed by atoms with E-state index in [1.165, 1.54) is 0 Å². The maximum Gasteiger partial charge on any atom is 0.463 e. The van der Waals surface area contributed by atoms with Crippen molar-refractivity contribution in [1.29, 1.82) is 0 Å². The Morgan fingerprint density at radius 2 is 2.00 bits per heavy atom. The van der Waals surface area contributed by atoms with Crippen molar-refractivity contribution in [3.8, 4) is 5.75 Å². The molecule has 1 aromatic rings. The molecule has 0 fully saturated rings. The summed E-state index contributed by atoms with van der Waals surface area (Å²) in [4.78, 5) is 0. The normalized spacial score (nSPS) is 9.27. The molecule has 0 aliphatic heterocycles. The van der Waals surface area contributed by atoms with Crippen molar-refractivity contribution in [3.63, 3.8) is 0 Å². The third kappa shape index (κ3) is 2.85. The molecule has 0 unspecified atom stereocenters. The van der Waals surface area contributed by atoms with Gasteiger partial charge in [0.15, 0.2) is 0 Å². The summed E-state index contributed by atoms with van der Waals surface area (Å²) in [5.74, 6) is 0.828. The van der Waals surface area contributed by atoms with E-state index < -0.39 is 0 Å². The van der Waals surface area contributed by atoms with E-state index in [-0.39, 0.29) is 6.33 Å². The molecule has 0 saturated carbocycles. The number of para-hydroxylation sites is 1. The first-order chi connectivity index (χ1) is 5.33. The number of rotatable bonds is 3. The Morgan fingerprint density at radius 1 is 1.36 bits per heavy atom. The molecular formula is C8H10BClO. The summed E-state index contributed by atoms with van der Waals surface area (Å²) < 4.78 is 5.33. The van der Waals surface area contributed by atoms with Gasteiger partial charge in [-0.25, -0.2) is 0 Å². The molecule has 3 heteroatoms. The second kappa shape index (κ2) is 4.29. The summed E-state index contributed by atoms with van der Waals surface area (Å²) in [6, 6.07) is 9.58. The second-order valence-electron chi connectivity index (χ2n) is 2.25. The topological polar surface area (TPSA) is 9.23 Å². The third-order valence-corrected chi connectivity index (χ3v) is 1.73. The first-order valence-electron chi connectivity index (χ1n) is 3.68. The number of halogens is 1. The zero-order chi connectivity index (χ0) is 8.10. The van der Waals surface area contributed by atoms with Gasteiger partial charge in [-0.2, -0.15) is 0 Å². The minimum absolute atomic E-state index is 0.211. The highest BCUT2D eigenvalue weighted by Crippen LogP contribution is 2.12. The first kappa shape index (κ1) is 8.47. The molecule has 0 spiro atoms. The van der Waals surface area contributed by atoms with Gasteiger partial charge in [-0.15, -0.1) is 11.5 Å². The lowest BCUT2D eigenvalue weighted by Crippen LogP contribution is -2.11. The second-order valence-corrected chi connectivity index (χ2v) is 2.74. The van der Waals surface area contributed by atoms with Gasteiger partial charge >= 0.3 is 6.33 Å². The molecule has 1 rings (SSSR count). The standard InChI is InChI=1S/C8H10BClO/c1-2-9(10)11-8-6-4-3-5-7-8/h3-7H,2H2,1H3. The number of hydrogen-bond acceptors (Lipinski definition) is 1. The Balaban J connectivity index is 2.51. The Hall–Kier alpha value is -0.625. The van der Waals surface area contributed by atoms with Crippen LogP contribution in [0.1, 0.15) is 6.92 Å². The van der Waals surface area contributed by atoms with Gasteiger partial charge in [0, 0.05) is 0 Å². The van der Waals surface area contributed by atoms with Crippen LogP contribution in [0.5, 0.6) is 5.75 Å². The van der Waals surface area contributed by atoms with Crippen molar-refractivity contribution >= 4 is 17.8 Å². The van der Waals surface area contributed by atoms with Gasteiger partial charge in [-0.1, -0.05) is 25.1 Å². The van der Waals surface area contributed by atoms with Crippen LogP contribution in [0.3, 0.4) is 0 Å². The fourth-order valence-electron chi connectivity index (χ4n) is 0.730. The molecule has 0 aliphatic rings. The monoisotopic (exact) mass is 168 g/mol. The van der Waals surface area contributed by atoms with E-state index >= 15 is 0 Å². The van der Waals surface area contributed by atoms with Crippen molar-refractivity contribution in [1.82, 2.24) is 0 Å². The molecule has 0 amide bonds. The molecule has 0 N–H and O–H groups in total. The molecule has 1 nitrogen and oxygen atoms in total. The number of hydrogen-bond donors (Lipinski definition) is 0. The average molecular weight is 168 g/mol. The molecule has 0 radical (unpaired) electrons. The maximum absolute atomic E-state index is 5.78. The highest BCUT2D eigenvalue weighted by molar-refractivity contribution is 7.03. The molecular weight excluding hydrogens is 158 g/mol. The summed E-state index contributed by atoms with van der Waals surface area (Å²) in [6.07, 6.45) is 0.605. The largest absolute Gasteiger partial charge is 0.546 e. The molecule has 0 atom stereocenters. The summed E-state index contributed by atoms with van der Waals surface area (Å²) in [7, 11) is 0. The fraction of sp³-hybridized carbons (Fsp3) is 0.250. The van der Waals surface area contributed by atoms with E-state index in [4.69, 9.17) is 16.1 Å². The van der Waals surface area contributed by atoms with E-state index in [1.54, 1.807) is 0 Å². The summed E-state index contributed by atoms with van der Waals surface area (Å²) in [5.41, 5.74) is 0. The van der Waals surface area contributed by atoms with Crippen LogP contribution >= 0.6 is 11.5 Å². The van der Waals surface area contributed by atoms with Gasteiger partial charge in [-0.05, 0) is 18.5 Å². The highest BCUT2D eigenvalue weighted by atomic mass is 35.5. The fourth-order valence-corrected chi connectivity index (χ4v) is 0.833. The van der Waals surface area contributed by atoms with Crippen LogP contribution in [-0.2, 0) is 0 Å². The SMILES string of the molecule is CCB(Cl)Oc1ccccc1. The minimum Gasteiger partial charge on any atom is -0.546 e. The van der Waals surface area contributed by atoms with Crippen LogP contribution < -0.4 is 4.65 Å². The lowest BCUT2D eigenvalue weighted by molar-refractivity contribution is 0.586. The van der Waals surface area contributed by atoms with E-state index in [0.29, 0.717) is 0 Å². The zero-order valence-electron chi connectivity index (χ0n) is 6.46. The molecule has 1 aromatic carbocycles. The smallest absolute Gasteiger partial charge is 0.463 e. The third-order valence-electron chi connectivity index (χ3n) is 1.33. The minimum atomic E-state index is -0.211. The maximum atomic E-state index is 5.78. The van der Waals surface area contributed by atoms with Crippen LogP contribution in [0.2, 0.25) is 6.32 Å². The summed E-state index contributed by atoms with van der Waals surface area (Å²) >= 11 is 5.78. The summed E-state index contributed by atoms with van der Waals surface area (Å²) in [5, 5.41) is 0. The van der Waals surface area contributed by atoms with Crippen molar-refractivity contribution < 1.29 is 4.65 Å². The van der Waals surface area contributed by atoms with Crippen LogP contribution in [0.25, 0.3) is 0 Å². The van der Waals surface area contributed by atoms with Crippen molar-refractivity contribution in [2.24, 2.45) is 0 Å². The predicted octanol–water partition coefficient (Wildman–Crippen LogP) is 2.81. The molecule has 0 bridgehead atoms. The molecule has 58 valence electrons. The van der Waals surface area contributed by atoms with Crippen LogP contribution in [-0.4, -0.2) is 6.33 Å². The Morgan fingerprint density at radius 3 is 2.55 bits per heavy atom. The van der Waals surface area contributed by atoms with Crippen molar-refractivity contribution in [2.75, 3.05) is 0 Å². The molecule has 0 aromatic heterocycles. The molecule has 0 heterocycles. The van der Waals surface area contributed by atoms with Gasteiger partial charge in [-0.3, -0.25) is 0 Å². The summed E-state index contributed by atoms with van der Waals surface area (Å²) in [6.45, 7) is 1.99. The van der Waals surface area contributed by atoms with Crippen molar-refractivity contribution in [3.05, 3.63) is 30.3 Å². The lowest BCUT2D eigenvalue weighted by Gasteiger charge is -2.06. The van der Waals surface area contributed by atoms with Gasteiger partial charge in [0.2, 0.25) is 0 Å². The molecule has 0 saturated heterocycles. The van der Waals surface area contributed by atoms with Gasteiger partial charge in [0.05, 0.1) is 5.75 Å². The zero-order valence-corrected chi connectivity index (χ0v) is 7.21. The predicted molar refractivity (Wildman–Crippen MR) is 49.2 cm³/mol. The van der Waals surface area contributed by atoms with E-state index in [9.17, 15) is 0 Å². The molecule has 0 aliphatic carbocycles. The Labute approximate surface area is 72.4 Å². The van der Waals surface area contributed by atoms with Gasteiger partial charge in [0.1, 0.15) is 0 Å². The lowest BCUT2D eigenvalue weighted by atomic mass is 9.95. The van der Waals surface area contributed by atoms with E-state index in [2.05, 4.69) is 0 Å².